The Morgan fingerprint density at radius 3 is 2.07 bits per heavy atom. The standard InChI is InChI=1S/C21H14N2O6/c24-19(13-6-2-1-3-7-13)17-12-14(23(28)29)10-11-18(17)22-20(25)15-8-4-5-9-16(15)21(26)27/h1-12H,(H,22,25)(H,26,27). The second-order valence-electron chi connectivity index (χ2n) is 5.99. The zero-order valence-electron chi connectivity index (χ0n) is 14.9. The van der Waals surface area contributed by atoms with Gasteiger partial charge in [0.05, 0.1) is 27.3 Å². The van der Waals surface area contributed by atoms with Crippen molar-refractivity contribution >= 4 is 29.0 Å². The number of ketones is 1. The number of benzene rings is 3. The number of nitro benzene ring substituents is 1. The van der Waals surface area contributed by atoms with E-state index in [0.29, 0.717) is 0 Å². The smallest absolute Gasteiger partial charge is 0.336 e. The van der Waals surface area contributed by atoms with Crippen molar-refractivity contribution in [2.75, 3.05) is 5.32 Å². The van der Waals surface area contributed by atoms with Crippen LogP contribution in [0, 0.1) is 10.1 Å². The molecule has 0 aliphatic carbocycles. The van der Waals surface area contributed by atoms with Crippen LogP contribution >= 0.6 is 0 Å². The highest BCUT2D eigenvalue weighted by Crippen LogP contribution is 2.26. The Balaban J connectivity index is 2.03. The van der Waals surface area contributed by atoms with Gasteiger partial charge in [-0.3, -0.25) is 19.7 Å². The Morgan fingerprint density at radius 1 is 0.828 bits per heavy atom. The maximum Gasteiger partial charge on any atom is 0.336 e. The molecule has 3 aromatic carbocycles. The van der Waals surface area contributed by atoms with Crippen LogP contribution in [0.15, 0.2) is 72.8 Å². The summed E-state index contributed by atoms with van der Waals surface area (Å²) in [5.74, 6) is -2.55. The molecule has 8 nitrogen and oxygen atoms in total. The van der Waals surface area contributed by atoms with Crippen molar-refractivity contribution in [2.45, 2.75) is 0 Å². The molecule has 0 aliphatic rings. The predicted octanol–water partition coefficient (Wildman–Crippen LogP) is 3.78. The minimum absolute atomic E-state index is 0.0367. The van der Waals surface area contributed by atoms with E-state index in [0.717, 1.165) is 12.1 Å². The maximum atomic E-state index is 12.9. The van der Waals surface area contributed by atoms with Crippen LogP contribution in [0.4, 0.5) is 11.4 Å². The first kappa shape index (κ1) is 19.4. The van der Waals surface area contributed by atoms with E-state index in [-0.39, 0.29) is 33.6 Å². The van der Waals surface area contributed by atoms with Crippen molar-refractivity contribution in [1.82, 2.24) is 0 Å². The molecule has 0 saturated carbocycles. The van der Waals surface area contributed by atoms with Crippen LogP contribution in [-0.2, 0) is 0 Å². The number of amides is 1. The lowest BCUT2D eigenvalue weighted by molar-refractivity contribution is -0.384. The Morgan fingerprint density at radius 2 is 1.45 bits per heavy atom. The van der Waals surface area contributed by atoms with E-state index in [4.69, 9.17) is 0 Å². The SMILES string of the molecule is O=C(c1ccccc1)c1cc([N+](=O)[O-])ccc1NC(=O)c1ccccc1C(=O)O. The number of rotatable bonds is 6. The molecule has 3 rings (SSSR count). The number of nitrogens with zero attached hydrogens (tertiary/aromatic N) is 1. The summed E-state index contributed by atoms with van der Waals surface area (Å²) in [6.45, 7) is 0. The van der Waals surface area contributed by atoms with Gasteiger partial charge in [-0.1, -0.05) is 42.5 Å². The van der Waals surface area contributed by atoms with Crippen molar-refractivity contribution in [1.29, 1.82) is 0 Å². The molecule has 29 heavy (non-hydrogen) atoms. The van der Waals surface area contributed by atoms with Gasteiger partial charge in [-0.05, 0) is 18.2 Å². The lowest BCUT2D eigenvalue weighted by Crippen LogP contribution is -2.18. The van der Waals surface area contributed by atoms with Gasteiger partial charge in [-0.15, -0.1) is 0 Å². The molecule has 0 fully saturated rings. The van der Waals surface area contributed by atoms with Gasteiger partial charge in [-0.25, -0.2) is 4.79 Å². The van der Waals surface area contributed by atoms with Gasteiger partial charge in [0.25, 0.3) is 11.6 Å². The summed E-state index contributed by atoms with van der Waals surface area (Å²) in [7, 11) is 0. The second kappa shape index (κ2) is 8.13. The minimum Gasteiger partial charge on any atom is -0.478 e. The first-order chi connectivity index (χ1) is 13.9. The lowest BCUT2D eigenvalue weighted by Gasteiger charge is -2.12. The second-order valence-corrected chi connectivity index (χ2v) is 5.99. The Labute approximate surface area is 164 Å². The number of carboxylic acids is 1. The van der Waals surface area contributed by atoms with Crippen LogP contribution in [0.3, 0.4) is 0 Å². The zero-order valence-corrected chi connectivity index (χ0v) is 14.9. The van der Waals surface area contributed by atoms with Gasteiger partial charge >= 0.3 is 5.97 Å². The fourth-order valence-electron chi connectivity index (χ4n) is 2.74. The van der Waals surface area contributed by atoms with E-state index in [1.807, 2.05) is 0 Å². The fraction of sp³-hybridized carbons (Fsp3) is 0. The summed E-state index contributed by atoms with van der Waals surface area (Å²) in [4.78, 5) is 47.3. The third-order valence-corrected chi connectivity index (χ3v) is 4.14. The van der Waals surface area contributed by atoms with Crippen LogP contribution in [0.25, 0.3) is 0 Å². The molecule has 144 valence electrons. The summed E-state index contributed by atoms with van der Waals surface area (Å²) >= 11 is 0. The molecule has 0 heterocycles. The number of carbonyl (C=O) groups is 3. The predicted molar refractivity (Wildman–Crippen MR) is 104 cm³/mol. The van der Waals surface area contributed by atoms with Crippen LogP contribution in [0.1, 0.15) is 36.6 Å². The molecular weight excluding hydrogens is 376 g/mol. The Kier molecular flexibility index (Phi) is 5.45. The highest BCUT2D eigenvalue weighted by atomic mass is 16.6. The monoisotopic (exact) mass is 390 g/mol. The number of nitrogens with one attached hydrogen (secondary N) is 1. The summed E-state index contributed by atoms with van der Waals surface area (Å²) in [5, 5.41) is 22.9. The number of carboxylic acid groups (broad SMARTS) is 1. The van der Waals surface area contributed by atoms with Gasteiger partial charge in [0.1, 0.15) is 0 Å². The van der Waals surface area contributed by atoms with Crippen LogP contribution in [0.5, 0.6) is 0 Å². The van der Waals surface area contributed by atoms with Crippen molar-refractivity contribution in [3.05, 3.63) is 105 Å². The molecule has 0 aromatic heterocycles. The molecule has 1 amide bonds. The van der Waals surface area contributed by atoms with E-state index < -0.39 is 22.6 Å². The average molecular weight is 390 g/mol. The fourth-order valence-corrected chi connectivity index (χ4v) is 2.74. The summed E-state index contributed by atoms with van der Waals surface area (Å²) < 4.78 is 0. The Bertz CT molecular complexity index is 1130. The number of anilines is 1. The number of nitro groups is 1. The molecule has 0 unspecified atom stereocenters. The largest absolute Gasteiger partial charge is 0.478 e. The molecule has 0 saturated heterocycles. The highest BCUT2D eigenvalue weighted by molar-refractivity contribution is 6.17. The molecular formula is C21H14N2O6. The maximum absolute atomic E-state index is 12.9. The van der Waals surface area contributed by atoms with E-state index in [1.165, 1.54) is 30.3 Å². The first-order valence-electron chi connectivity index (χ1n) is 8.40. The van der Waals surface area contributed by atoms with E-state index in [1.54, 1.807) is 30.3 Å². The van der Waals surface area contributed by atoms with E-state index in [9.17, 15) is 29.6 Å². The van der Waals surface area contributed by atoms with E-state index in [2.05, 4.69) is 5.32 Å². The van der Waals surface area contributed by atoms with Crippen molar-refractivity contribution in [2.24, 2.45) is 0 Å². The molecule has 2 N–H and O–H groups in total. The zero-order chi connectivity index (χ0) is 21.0. The summed E-state index contributed by atoms with van der Waals surface area (Å²) in [6, 6.07) is 17.2. The quantitative estimate of drug-likeness (QED) is 0.375. The normalized spacial score (nSPS) is 10.2. The molecule has 0 atom stereocenters. The number of hydrogen-bond acceptors (Lipinski definition) is 5. The van der Waals surface area contributed by atoms with Crippen molar-refractivity contribution < 1.29 is 24.4 Å². The van der Waals surface area contributed by atoms with Crippen LogP contribution < -0.4 is 5.32 Å². The molecule has 3 aromatic rings. The number of non-ortho nitro benzene ring substituents is 1. The number of hydrogen-bond donors (Lipinski definition) is 2. The van der Waals surface area contributed by atoms with E-state index >= 15 is 0 Å². The van der Waals surface area contributed by atoms with Crippen molar-refractivity contribution in [3.63, 3.8) is 0 Å². The third kappa shape index (κ3) is 4.16. The first-order valence-corrected chi connectivity index (χ1v) is 8.40. The number of aromatic carboxylic acids is 1. The lowest BCUT2D eigenvalue weighted by atomic mass is 10.0. The van der Waals surface area contributed by atoms with Gasteiger partial charge in [0.15, 0.2) is 5.78 Å². The summed E-state index contributed by atoms with van der Waals surface area (Å²) in [6.07, 6.45) is 0. The van der Waals surface area contributed by atoms with Crippen LogP contribution in [-0.4, -0.2) is 27.7 Å². The third-order valence-electron chi connectivity index (χ3n) is 4.14. The molecule has 0 spiro atoms. The van der Waals surface area contributed by atoms with Crippen LogP contribution in [0.2, 0.25) is 0 Å². The molecule has 8 heteroatoms. The van der Waals surface area contributed by atoms with Gasteiger partial charge in [0.2, 0.25) is 0 Å². The van der Waals surface area contributed by atoms with Gasteiger partial charge in [0, 0.05) is 17.7 Å². The van der Waals surface area contributed by atoms with Gasteiger partial charge in [-0.2, -0.15) is 0 Å². The highest BCUT2D eigenvalue weighted by Gasteiger charge is 2.21. The summed E-state index contributed by atoms with van der Waals surface area (Å²) in [5.41, 5.74) is -0.372. The molecule has 0 radical (unpaired) electrons. The molecule has 0 aliphatic heterocycles. The minimum atomic E-state index is -1.28. The number of carbonyl (C=O) groups excluding carboxylic acids is 2. The Hall–Kier alpha value is -4.33. The van der Waals surface area contributed by atoms with Gasteiger partial charge < -0.3 is 10.4 Å². The topological polar surface area (TPSA) is 127 Å². The average Bonchev–Trinajstić information content (AvgIpc) is 2.73. The molecule has 0 bridgehead atoms. The van der Waals surface area contributed by atoms with Crippen molar-refractivity contribution in [3.8, 4) is 0 Å².